The maximum absolute atomic E-state index is 11.5. The van der Waals surface area contributed by atoms with Gasteiger partial charge in [-0.25, -0.2) is 0 Å². The molecular formula is C10H16N2O2. The van der Waals surface area contributed by atoms with Crippen molar-refractivity contribution in [1.82, 2.24) is 10.5 Å². The lowest BCUT2D eigenvalue weighted by Crippen LogP contribution is -2.32. The summed E-state index contributed by atoms with van der Waals surface area (Å²) in [6.07, 6.45) is 1.66. The van der Waals surface area contributed by atoms with Crippen molar-refractivity contribution in [1.29, 1.82) is 0 Å². The number of aryl methyl sites for hydroxylation is 1. The van der Waals surface area contributed by atoms with E-state index in [1.165, 1.54) is 0 Å². The summed E-state index contributed by atoms with van der Waals surface area (Å²) in [7, 11) is 0. The van der Waals surface area contributed by atoms with Crippen molar-refractivity contribution in [2.24, 2.45) is 0 Å². The molecule has 0 saturated heterocycles. The first-order valence-corrected chi connectivity index (χ1v) is 4.93. The van der Waals surface area contributed by atoms with Crippen molar-refractivity contribution in [3.8, 4) is 0 Å². The fourth-order valence-electron chi connectivity index (χ4n) is 0.986. The van der Waals surface area contributed by atoms with E-state index in [-0.39, 0.29) is 11.9 Å². The van der Waals surface area contributed by atoms with Crippen LogP contribution < -0.4 is 5.32 Å². The molecule has 1 heterocycles. The highest BCUT2D eigenvalue weighted by Gasteiger charge is 2.12. The summed E-state index contributed by atoms with van der Waals surface area (Å²) < 4.78 is 4.94. The van der Waals surface area contributed by atoms with E-state index >= 15 is 0 Å². The van der Waals surface area contributed by atoms with Gasteiger partial charge < -0.3 is 9.84 Å². The lowest BCUT2D eigenvalue weighted by Gasteiger charge is -2.08. The van der Waals surface area contributed by atoms with Crippen LogP contribution in [0.3, 0.4) is 0 Å². The van der Waals surface area contributed by atoms with Gasteiger partial charge in [0, 0.05) is 18.5 Å². The third-order valence-electron chi connectivity index (χ3n) is 2.13. The van der Waals surface area contributed by atoms with E-state index in [1.807, 2.05) is 20.8 Å². The molecule has 78 valence electrons. The molecule has 0 saturated carbocycles. The number of nitrogens with zero attached hydrogens (tertiary/aromatic N) is 1. The molecule has 0 aromatic carbocycles. The monoisotopic (exact) mass is 196 g/mol. The highest BCUT2D eigenvalue weighted by molar-refractivity contribution is 5.92. The molecule has 14 heavy (non-hydrogen) atoms. The van der Waals surface area contributed by atoms with Gasteiger partial charge in [0.05, 0.1) is 0 Å². The van der Waals surface area contributed by atoms with E-state index < -0.39 is 0 Å². The largest absolute Gasteiger partial charge is 0.361 e. The van der Waals surface area contributed by atoms with E-state index in [4.69, 9.17) is 4.52 Å². The molecule has 4 heteroatoms. The van der Waals surface area contributed by atoms with Crippen LogP contribution in [-0.2, 0) is 6.42 Å². The molecule has 0 fully saturated rings. The average molecular weight is 196 g/mol. The lowest BCUT2D eigenvalue weighted by atomic mass is 10.2. The molecule has 0 aliphatic carbocycles. The van der Waals surface area contributed by atoms with Crippen LogP contribution in [0.15, 0.2) is 10.6 Å². The van der Waals surface area contributed by atoms with Gasteiger partial charge in [0.2, 0.25) is 0 Å². The molecule has 1 aromatic heterocycles. The van der Waals surface area contributed by atoms with E-state index in [9.17, 15) is 4.79 Å². The maximum Gasteiger partial charge on any atom is 0.273 e. The van der Waals surface area contributed by atoms with Crippen molar-refractivity contribution in [3.63, 3.8) is 0 Å². The average Bonchev–Trinajstić information content (AvgIpc) is 2.65. The molecule has 1 N–H and O–H groups in total. The van der Waals surface area contributed by atoms with Crippen LogP contribution in [-0.4, -0.2) is 17.1 Å². The Hall–Kier alpha value is -1.32. The van der Waals surface area contributed by atoms with Crippen LogP contribution >= 0.6 is 0 Å². The second-order valence-corrected chi connectivity index (χ2v) is 3.31. The van der Waals surface area contributed by atoms with Crippen LogP contribution in [0, 0.1) is 0 Å². The molecule has 0 bridgehead atoms. The van der Waals surface area contributed by atoms with E-state index in [1.54, 1.807) is 6.07 Å². The number of rotatable bonds is 4. The first kappa shape index (κ1) is 10.8. The molecule has 1 rings (SSSR count). The van der Waals surface area contributed by atoms with E-state index in [2.05, 4.69) is 10.5 Å². The van der Waals surface area contributed by atoms with Gasteiger partial charge >= 0.3 is 0 Å². The van der Waals surface area contributed by atoms with Gasteiger partial charge in [-0.3, -0.25) is 4.79 Å². The number of amides is 1. The SMILES string of the molecule is CCc1cc(C(=O)NC(C)CC)no1. The summed E-state index contributed by atoms with van der Waals surface area (Å²) in [6.45, 7) is 5.93. The van der Waals surface area contributed by atoms with Crippen molar-refractivity contribution in [2.45, 2.75) is 39.7 Å². The minimum atomic E-state index is -0.164. The predicted octanol–water partition coefficient (Wildman–Crippen LogP) is 1.77. The Kier molecular flexibility index (Phi) is 3.68. The topological polar surface area (TPSA) is 55.1 Å². The fraction of sp³-hybridized carbons (Fsp3) is 0.600. The molecule has 1 unspecified atom stereocenters. The fourth-order valence-corrected chi connectivity index (χ4v) is 0.986. The van der Waals surface area contributed by atoms with Crippen LogP contribution in [0.4, 0.5) is 0 Å². The van der Waals surface area contributed by atoms with Crippen molar-refractivity contribution in [2.75, 3.05) is 0 Å². The lowest BCUT2D eigenvalue weighted by molar-refractivity contribution is 0.0930. The molecule has 1 aromatic rings. The Balaban J connectivity index is 2.60. The Bertz CT molecular complexity index is 307. The van der Waals surface area contributed by atoms with Gasteiger partial charge in [0.1, 0.15) is 5.76 Å². The van der Waals surface area contributed by atoms with Gasteiger partial charge in [0.15, 0.2) is 5.69 Å². The summed E-state index contributed by atoms with van der Waals surface area (Å²) >= 11 is 0. The summed E-state index contributed by atoms with van der Waals surface area (Å²) in [5.41, 5.74) is 0.363. The van der Waals surface area contributed by atoms with Crippen LogP contribution in [0.2, 0.25) is 0 Å². The second kappa shape index (κ2) is 4.79. The molecule has 0 aliphatic heterocycles. The standard InChI is InChI=1S/C10H16N2O2/c1-4-7(3)11-10(13)9-6-8(5-2)14-12-9/h6-7H,4-5H2,1-3H3,(H,11,13). The molecule has 1 amide bonds. The van der Waals surface area contributed by atoms with Gasteiger partial charge in [-0.2, -0.15) is 0 Å². The number of hydrogen-bond donors (Lipinski definition) is 1. The zero-order chi connectivity index (χ0) is 10.6. The van der Waals surface area contributed by atoms with Crippen molar-refractivity contribution < 1.29 is 9.32 Å². The van der Waals surface area contributed by atoms with Gasteiger partial charge in [-0.05, 0) is 13.3 Å². The van der Waals surface area contributed by atoms with Crippen molar-refractivity contribution >= 4 is 5.91 Å². The zero-order valence-corrected chi connectivity index (χ0v) is 8.83. The molecular weight excluding hydrogens is 180 g/mol. The van der Waals surface area contributed by atoms with E-state index in [0.29, 0.717) is 5.69 Å². The van der Waals surface area contributed by atoms with Crippen LogP contribution in [0.5, 0.6) is 0 Å². The van der Waals surface area contributed by atoms with Gasteiger partial charge in [-0.1, -0.05) is 19.0 Å². The predicted molar refractivity (Wildman–Crippen MR) is 53.1 cm³/mol. The molecule has 0 radical (unpaired) electrons. The first-order valence-electron chi connectivity index (χ1n) is 4.93. The number of aromatic nitrogens is 1. The molecule has 0 spiro atoms. The second-order valence-electron chi connectivity index (χ2n) is 3.31. The maximum atomic E-state index is 11.5. The Labute approximate surface area is 83.7 Å². The number of carbonyl (C=O) groups excluding carboxylic acids is 1. The minimum absolute atomic E-state index is 0.164. The minimum Gasteiger partial charge on any atom is -0.361 e. The quantitative estimate of drug-likeness (QED) is 0.798. The zero-order valence-electron chi connectivity index (χ0n) is 8.83. The third kappa shape index (κ3) is 2.58. The number of hydrogen-bond acceptors (Lipinski definition) is 3. The molecule has 0 aliphatic rings. The van der Waals surface area contributed by atoms with Crippen molar-refractivity contribution in [3.05, 3.63) is 17.5 Å². The van der Waals surface area contributed by atoms with Crippen LogP contribution in [0.1, 0.15) is 43.4 Å². The Morgan fingerprint density at radius 2 is 2.36 bits per heavy atom. The van der Waals surface area contributed by atoms with E-state index in [0.717, 1.165) is 18.6 Å². The molecule has 1 atom stereocenters. The number of carbonyl (C=O) groups is 1. The van der Waals surface area contributed by atoms with Gasteiger partial charge in [0.25, 0.3) is 5.91 Å². The Morgan fingerprint density at radius 1 is 1.64 bits per heavy atom. The summed E-state index contributed by atoms with van der Waals surface area (Å²) in [4.78, 5) is 11.5. The molecule has 4 nitrogen and oxygen atoms in total. The first-order chi connectivity index (χ1) is 6.67. The number of nitrogens with one attached hydrogen (secondary N) is 1. The highest BCUT2D eigenvalue weighted by Crippen LogP contribution is 2.04. The summed E-state index contributed by atoms with van der Waals surface area (Å²) in [5.74, 6) is 0.571. The Morgan fingerprint density at radius 3 is 2.86 bits per heavy atom. The van der Waals surface area contributed by atoms with Crippen LogP contribution in [0.25, 0.3) is 0 Å². The van der Waals surface area contributed by atoms with Gasteiger partial charge in [-0.15, -0.1) is 0 Å². The normalized spacial score (nSPS) is 12.5. The summed E-state index contributed by atoms with van der Waals surface area (Å²) in [5, 5.41) is 6.51. The smallest absolute Gasteiger partial charge is 0.273 e. The highest BCUT2D eigenvalue weighted by atomic mass is 16.5. The summed E-state index contributed by atoms with van der Waals surface area (Å²) in [6, 6.07) is 1.85. The third-order valence-corrected chi connectivity index (χ3v) is 2.13.